The van der Waals surface area contributed by atoms with Gasteiger partial charge in [-0.15, -0.1) is 0 Å². The molecule has 1 aliphatic heterocycles. The third-order valence-corrected chi connectivity index (χ3v) is 4.65. The van der Waals surface area contributed by atoms with Crippen molar-refractivity contribution >= 4 is 5.91 Å². The minimum Gasteiger partial charge on any atom is -0.493 e. The number of nitrogens with one attached hydrogen (secondary N) is 1. The van der Waals surface area contributed by atoms with Crippen molar-refractivity contribution in [3.63, 3.8) is 0 Å². The molecule has 1 saturated heterocycles. The second-order valence-corrected chi connectivity index (χ2v) is 6.23. The summed E-state index contributed by atoms with van der Waals surface area (Å²) in [7, 11) is 4.79. The number of rotatable bonds is 9. The van der Waals surface area contributed by atoms with Gasteiger partial charge in [-0.25, -0.2) is 0 Å². The summed E-state index contributed by atoms with van der Waals surface area (Å²) in [5.74, 6) is 2.03. The van der Waals surface area contributed by atoms with Crippen molar-refractivity contribution in [1.29, 1.82) is 0 Å². The number of ether oxygens (including phenoxy) is 3. The normalized spacial score (nSPS) is 16.6. The molecule has 0 bridgehead atoms. The number of hydrogen-bond donors (Lipinski definition) is 1. The van der Waals surface area contributed by atoms with Crippen LogP contribution in [0.2, 0.25) is 0 Å². The van der Waals surface area contributed by atoms with Gasteiger partial charge in [-0.2, -0.15) is 0 Å². The predicted molar refractivity (Wildman–Crippen MR) is 97.7 cm³/mol. The smallest absolute Gasteiger partial charge is 0.223 e. The van der Waals surface area contributed by atoms with E-state index in [9.17, 15) is 4.79 Å². The molecular formula is C19H30N2O4. The standard InChI is InChI=1S/C19H30N2O4/c1-5-12-21(15-10-11-20-13-15)17(22)9-7-14-6-8-16(23-2)19(25-4)18(14)24-3/h6,8,15,20H,5,7,9-13H2,1-4H3. The van der Waals surface area contributed by atoms with Crippen LogP contribution < -0.4 is 19.5 Å². The quantitative estimate of drug-likeness (QED) is 0.740. The molecule has 1 unspecified atom stereocenters. The van der Waals surface area contributed by atoms with Crippen molar-refractivity contribution in [2.75, 3.05) is 41.0 Å². The van der Waals surface area contributed by atoms with E-state index in [1.165, 1.54) is 0 Å². The second-order valence-electron chi connectivity index (χ2n) is 6.23. The van der Waals surface area contributed by atoms with Crippen molar-refractivity contribution < 1.29 is 19.0 Å². The van der Waals surface area contributed by atoms with Crippen LogP contribution in [-0.4, -0.2) is 57.8 Å². The monoisotopic (exact) mass is 350 g/mol. The van der Waals surface area contributed by atoms with E-state index in [1.807, 2.05) is 17.0 Å². The van der Waals surface area contributed by atoms with Gasteiger partial charge in [-0.1, -0.05) is 13.0 Å². The van der Waals surface area contributed by atoms with E-state index in [-0.39, 0.29) is 5.91 Å². The van der Waals surface area contributed by atoms with Gasteiger partial charge in [0.25, 0.3) is 0 Å². The average molecular weight is 350 g/mol. The highest BCUT2D eigenvalue weighted by Gasteiger charge is 2.26. The van der Waals surface area contributed by atoms with Crippen LogP contribution in [0.1, 0.15) is 31.7 Å². The lowest BCUT2D eigenvalue weighted by Gasteiger charge is -2.28. The fourth-order valence-electron chi connectivity index (χ4n) is 3.40. The highest BCUT2D eigenvalue weighted by Crippen LogP contribution is 2.40. The van der Waals surface area contributed by atoms with E-state index < -0.39 is 0 Å². The van der Waals surface area contributed by atoms with E-state index in [0.717, 1.165) is 38.0 Å². The first-order valence-electron chi connectivity index (χ1n) is 8.94. The first-order chi connectivity index (χ1) is 12.2. The van der Waals surface area contributed by atoms with Crippen LogP contribution in [0.5, 0.6) is 17.2 Å². The molecule has 1 aromatic rings. The predicted octanol–water partition coefficient (Wildman–Crippen LogP) is 2.25. The average Bonchev–Trinajstić information content (AvgIpc) is 3.17. The fraction of sp³-hybridized carbons (Fsp3) is 0.632. The molecule has 1 fully saturated rings. The Balaban J connectivity index is 2.09. The Labute approximate surface area is 150 Å². The van der Waals surface area contributed by atoms with Crippen LogP contribution in [0, 0.1) is 0 Å². The molecule has 0 radical (unpaired) electrons. The van der Waals surface area contributed by atoms with E-state index in [4.69, 9.17) is 14.2 Å². The number of methoxy groups -OCH3 is 3. The number of hydrogen-bond acceptors (Lipinski definition) is 5. The maximum atomic E-state index is 12.8. The van der Waals surface area contributed by atoms with Crippen molar-refractivity contribution in [3.05, 3.63) is 17.7 Å². The van der Waals surface area contributed by atoms with Gasteiger partial charge in [0.15, 0.2) is 11.5 Å². The fourth-order valence-corrected chi connectivity index (χ4v) is 3.40. The molecule has 0 saturated carbocycles. The number of aryl methyl sites for hydroxylation is 1. The molecule has 1 aromatic carbocycles. The third kappa shape index (κ3) is 4.57. The summed E-state index contributed by atoms with van der Waals surface area (Å²) < 4.78 is 16.2. The highest BCUT2D eigenvalue weighted by molar-refractivity contribution is 5.77. The molecule has 6 heteroatoms. The Kier molecular flexibility index (Phi) is 7.37. The molecule has 2 rings (SSSR count). The lowest BCUT2D eigenvalue weighted by molar-refractivity contribution is -0.133. The minimum atomic E-state index is 0.201. The SMILES string of the molecule is CCCN(C(=O)CCc1ccc(OC)c(OC)c1OC)C1CCNC1. The maximum absolute atomic E-state index is 12.8. The van der Waals surface area contributed by atoms with Gasteiger partial charge in [-0.3, -0.25) is 4.79 Å². The van der Waals surface area contributed by atoms with E-state index >= 15 is 0 Å². The van der Waals surface area contributed by atoms with Gasteiger partial charge in [-0.05, 0) is 37.4 Å². The summed E-state index contributed by atoms with van der Waals surface area (Å²) in [6.07, 6.45) is 3.08. The first-order valence-corrected chi connectivity index (χ1v) is 8.94. The van der Waals surface area contributed by atoms with Gasteiger partial charge in [0.1, 0.15) is 0 Å². The molecule has 1 aliphatic rings. The van der Waals surface area contributed by atoms with Crippen molar-refractivity contribution in [3.8, 4) is 17.2 Å². The van der Waals surface area contributed by atoms with E-state index in [2.05, 4.69) is 12.2 Å². The third-order valence-electron chi connectivity index (χ3n) is 4.65. The molecule has 0 aromatic heterocycles. The molecule has 0 aliphatic carbocycles. The minimum absolute atomic E-state index is 0.201. The van der Waals surface area contributed by atoms with Gasteiger partial charge < -0.3 is 24.4 Å². The van der Waals surface area contributed by atoms with Crippen LogP contribution in [0.3, 0.4) is 0 Å². The lowest BCUT2D eigenvalue weighted by atomic mass is 10.1. The van der Waals surface area contributed by atoms with Crippen LogP contribution in [0.15, 0.2) is 12.1 Å². The molecule has 6 nitrogen and oxygen atoms in total. The Bertz CT molecular complexity index is 571. The zero-order valence-electron chi connectivity index (χ0n) is 15.8. The summed E-state index contributed by atoms with van der Waals surface area (Å²) in [6, 6.07) is 4.11. The number of benzene rings is 1. The number of carbonyl (C=O) groups excluding carboxylic acids is 1. The summed E-state index contributed by atoms with van der Waals surface area (Å²) in [6.45, 7) is 4.81. The Morgan fingerprint density at radius 2 is 1.96 bits per heavy atom. The van der Waals surface area contributed by atoms with E-state index in [0.29, 0.717) is 36.1 Å². The second kappa shape index (κ2) is 9.51. The Morgan fingerprint density at radius 3 is 2.52 bits per heavy atom. The number of amides is 1. The van der Waals surface area contributed by atoms with Gasteiger partial charge in [0.2, 0.25) is 11.7 Å². The summed E-state index contributed by atoms with van der Waals surface area (Å²) in [4.78, 5) is 14.8. The lowest BCUT2D eigenvalue weighted by Crippen LogP contribution is -2.42. The van der Waals surface area contributed by atoms with Crippen LogP contribution in [0.25, 0.3) is 0 Å². The first kappa shape index (κ1) is 19.4. The van der Waals surface area contributed by atoms with Gasteiger partial charge in [0.05, 0.1) is 21.3 Å². The highest BCUT2D eigenvalue weighted by atomic mass is 16.5. The summed E-state index contributed by atoms with van der Waals surface area (Å²) in [5, 5.41) is 3.34. The summed E-state index contributed by atoms with van der Waals surface area (Å²) >= 11 is 0. The van der Waals surface area contributed by atoms with Crippen molar-refractivity contribution in [2.45, 2.75) is 38.6 Å². The number of carbonyl (C=O) groups is 1. The van der Waals surface area contributed by atoms with E-state index in [1.54, 1.807) is 21.3 Å². The molecule has 140 valence electrons. The molecule has 1 amide bonds. The van der Waals surface area contributed by atoms with Crippen molar-refractivity contribution in [2.24, 2.45) is 0 Å². The van der Waals surface area contributed by atoms with Crippen LogP contribution >= 0.6 is 0 Å². The van der Waals surface area contributed by atoms with Crippen LogP contribution in [-0.2, 0) is 11.2 Å². The maximum Gasteiger partial charge on any atom is 0.223 e. The Morgan fingerprint density at radius 1 is 1.20 bits per heavy atom. The molecule has 0 spiro atoms. The Hall–Kier alpha value is -1.95. The molecule has 1 atom stereocenters. The molecule has 1 N–H and O–H groups in total. The molecule has 25 heavy (non-hydrogen) atoms. The van der Waals surface area contributed by atoms with Crippen LogP contribution in [0.4, 0.5) is 0 Å². The largest absolute Gasteiger partial charge is 0.493 e. The molecule has 1 heterocycles. The number of nitrogens with zero attached hydrogens (tertiary/aromatic N) is 1. The van der Waals surface area contributed by atoms with Gasteiger partial charge >= 0.3 is 0 Å². The zero-order valence-corrected chi connectivity index (χ0v) is 15.8. The van der Waals surface area contributed by atoms with Crippen molar-refractivity contribution in [1.82, 2.24) is 10.2 Å². The topological polar surface area (TPSA) is 60.0 Å². The zero-order chi connectivity index (χ0) is 18.2. The van der Waals surface area contributed by atoms with Gasteiger partial charge in [0, 0.05) is 25.6 Å². The molecular weight excluding hydrogens is 320 g/mol. The summed E-state index contributed by atoms with van der Waals surface area (Å²) in [5.41, 5.74) is 0.953.